The molecule has 0 radical (unpaired) electrons. The van der Waals surface area contributed by atoms with E-state index in [4.69, 9.17) is 10.5 Å². The largest absolute Gasteiger partial charge is 0.378 e. The molecule has 4 nitrogen and oxygen atoms in total. The number of rotatable bonds is 4. The van der Waals surface area contributed by atoms with Gasteiger partial charge in [-0.3, -0.25) is 4.79 Å². The molecule has 0 bridgehead atoms. The first-order valence-corrected chi connectivity index (χ1v) is 8.10. The molecule has 2 fully saturated rings. The van der Waals surface area contributed by atoms with Crippen molar-refractivity contribution in [3.05, 3.63) is 0 Å². The summed E-state index contributed by atoms with van der Waals surface area (Å²) in [6.07, 6.45) is 5.47. The highest BCUT2D eigenvalue weighted by Gasteiger charge is 2.38. The monoisotopic (exact) mass is 282 g/mol. The quantitative estimate of drug-likeness (QED) is 0.829. The van der Waals surface area contributed by atoms with Crippen molar-refractivity contribution in [2.75, 3.05) is 13.2 Å². The van der Waals surface area contributed by atoms with Crippen LogP contribution in [0.2, 0.25) is 0 Å². The van der Waals surface area contributed by atoms with E-state index in [1.807, 2.05) is 6.92 Å². The number of nitrogens with two attached hydrogens (primary N) is 1. The second kappa shape index (κ2) is 6.44. The molecule has 1 aliphatic heterocycles. The molecule has 4 heteroatoms. The van der Waals surface area contributed by atoms with Crippen LogP contribution in [0.25, 0.3) is 0 Å². The number of nitrogens with one attached hydrogen (secondary N) is 1. The van der Waals surface area contributed by atoms with Crippen LogP contribution in [-0.4, -0.2) is 30.7 Å². The third kappa shape index (κ3) is 3.53. The third-order valence-electron chi connectivity index (χ3n) is 5.03. The second-order valence-corrected chi connectivity index (χ2v) is 7.18. The summed E-state index contributed by atoms with van der Waals surface area (Å²) in [6, 6.07) is 0. The van der Waals surface area contributed by atoms with Gasteiger partial charge in [-0.1, -0.05) is 26.7 Å². The Kier molecular flexibility index (Phi) is 5.08. The van der Waals surface area contributed by atoms with Crippen molar-refractivity contribution in [3.63, 3.8) is 0 Å². The Labute approximate surface area is 122 Å². The number of amides is 1. The average molecular weight is 282 g/mol. The molecule has 1 amide bonds. The molecule has 116 valence electrons. The van der Waals surface area contributed by atoms with Crippen LogP contribution < -0.4 is 11.1 Å². The summed E-state index contributed by atoms with van der Waals surface area (Å²) < 4.78 is 5.77. The Morgan fingerprint density at radius 3 is 2.80 bits per heavy atom. The molecule has 1 heterocycles. The van der Waals surface area contributed by atoms with Gasteiger partial charge in [0.2, 0.25) is 5.91 Å². The van der Waals surface area contributed by atoms with Crippen molar-refractivity contribution in [2.45, 2.75) is 64.5 Å². The Morgan fingerprint density at radius 1 is 1.40 bits per heavy atom. The predicted octanol–water partition coefficient (Wildman–Crippen LogP) is 2.07. The molecule has 0 aromatic carbocycles. The van der Waals surface area contributed by atoms with Crippen LogP contribution in [0.3, 0.4) is 0 Å². The van der Waals surface area contributed by atoms with E-state index < -0.39 is 0 Å². The Balaban J connectivity index is 1.85. The highest BCUT2D eigenvalue weighted by molar-refractivity contribution is 5.80. The van der Waals surface area contributed by atoms with Crippen LogP contribution in [0.5, 0.6) is 0 Å². The molecule has 4 atom stereocenters. The molecule has 0 aromatic rings. The second-order valence-electron chi connectivity index (χ2n) is 7.18. The van der Waals surface area contributed by atoms with E-state index in [1.165, 1.54) is 0 Å². The van der Waals surface area contributed by atoms with Gasteiger partial charge in [0, 0.05) is 24.6 Å². The van der Waals surface area contributed by atoms with Crippen LogP contribution in [0.15, 0.2) is 0 Å². The van der Waals surface area contributed by atoms with Crippen molar-refractivity contribution < 1.29 is 9.53 Å². The molecule has 4 unspecified atom stereocenters. The van der Waals surface area contributed by atoms with Gasteiger partial charge in [0.25, 0.3) is 0 Å². The summed E-state index contributed by atoms with van der Waals surface area (Å²) in [7, 11) is 0. The summed E-state index contributed by atoms with van der Waals surface area (Å²) in [4.78, 5) is 12.4. The lowest BCUT2D eigenvalue weighted by Gasteiger charge is -2.37. The molecule has 1 aliphatic carbocycles. The first-order valence-electron chi connectivity index (χ1n) is 8.10. The fourth-order valence-corrected chi connectivity index (χ4v) is 3.75. The standard InChI is InChI=1S/C16H30N2O2/c1-11(2)14-12(7-9-20-14)10-18-15(19)13-6-4-5-8-16(13,3)17/h11-14H,4-10,17H2,1-3H3,(H,18,19). The maximum absolute atomic E-state index is 12.4. The van der Waals surface area contributed by atoms with Crippen LogP contribution in [0.1, 0.15) is 52.9 Å². The smallest absolute Gasteiger partial charge is 0.224 e. The molecule has 1 saturated carbocycles. The Bertz CT molecular complexity index is 341. The van der Waals surface area contributed by atoms with Crippen LogP contribution in [-0.2, 0) is 9.53 Å². The van der Waals surface area contributed by atoms with Crippen molar-refractivity contribution in [3.8, 4) is 0 Å². The van der Waals surface area contributed by atoms with Gasteiger partial charge in [0.15, 0.2) is 0 Å². The Morgan fingerprint density at radius 2 is 2.15 bits per heavy atom. The molecule has 2 rings (SSSR count). The summed E-state index contributed by atoms with van der Waals surface area (Å²) in [5.74, 6) is 1.07. The number of hydrogen-bond acceptors (Lipinski definition) is 3. The zero-order valence-electron chi connectivity index (χ0n) is 13.2. The van der Waals surface area contributed by atoms with Gasteiger partial charge in [0.1, 0.15) is 0 Å². The van der Waals surface area contributed by atoms with Crippen LogP contribution in [0.4, 0.5) is 0 Å². The summed E-state index contributed by atoms with van der Waals surface area (Å²) in [5.41, 5.74) is 5.96. The number of carbonyl (C=O) groups is 1. The van der Waals surface area contributed by atoms with Gasteiger partial charge in [-0.15, -0.1) is 0 Å². The van der Waals surface area contributed by atoms with Crippen LogP contribution in [0, 0.1) is 17.8 Å². The minimum atomic E-state index is -0.341. The molecule has 0 aromatic heterocycles. The summed E-state index contributed by atoms with van der Waals surface area (Å²) in [5, 5.41) is 3.14. The maximum atomic E-state index is 12.4. The first kappa shape index (κ1) is 15.8. The van der Waals surface area contributed by atoms with Crippen molar-refractivity contribution >= 4 is 5.91 Å². The maximum Gasteiger partial charge on any atom is 0.224 e. The Hall–Kier alpha value is -0.610. The lowest BCUT2D eigenvalue weighted by Crippen LogP contribution is -2.53. The normalized spacial score (nSPS) is 38.1. The van der Waals surface area contributed by atoms with Gasteiger partial charge < -0.3 is 15.8 Å². The number of hydrogen-bond donors (Lipinski definition) is 2. The van der Waals surface area contributed by atoms with Crippen LogP contribution >= 0.6 is 0 Å². The molecular weight excluding hydrogens is 252 g/mol. The highest BCUT2D eigenvalue weighted by atomic mass is 16.5. The molecular formula is C16H30N2O2. The topological polar surface area (TPSA) is 64.3 Å². The van der Waals surface area contributed by atoms with Crippen molar-refractivity contribution in [1.29, 1.82) is 0 Å². The molecule has 20 heavy (non-hydrogen) atoms. The van der Waals surface area contributed by atoms with E-state index in [2.05, 4.69) is 19.2 Å². The van der Waals surface area contributed by atoms with Crippen molar-refractivity contribution in [1.82, 2.24) is 5.32 Å². The number of ether oxygens (including phenoxy) is 1. The van der Waals surface area contributed by atoms with E-state index in [0.29, 0.717) is 11.8 Å². The van der Waals surface area contributed by atoms with Gasteiger partial charge in [0.05, 0.1) is 12.0 Å². The summed E-state index contributed by atoms with van der Waals surface area (Å²) in [6.45, 7) is 7.94. The lowest BCUT2D eigenvalue weighted by atomic mass is 9.74. The molecule has 1 saturated heterocycles. The third-order valence-corrected chi connectivity index (χ3v) is 5.03. The van der Waals surface area contributed by atoms with E-state index in [0.717, 1.165) is 45.3 Å². The van der Waals surface area contributed by atoms with E-state index >= 15 is 0 Å². The highest BCUT2D eigenvalue weighted by Crippen LogP contribution is 2.32. The average Bonchev–Trinajstić information content (AvgIpc) is 2.83. The minimum Gasteiger partial charge on any atom is -0.378 e. The first-order chi connectivity index (χ1) is 9.42. The van der Waals surface area contributed by atoms with Crippen molar-refractivity contribution in [2.24, 2.45) is 23.5 Å². The summed E-state index contributed by atoms with van der Waals surface area (Å²) >= 11 is 0. The SMILES string of the molecule is CC(C)C1OCCC1CNC(=O)C1CCCCC1(C)N. The lowest BCUT2D eigenvalue weighted by molar-refractivity contribution is -0.128. The van der Waals surface area contributed by atoms with Gasteiger partial charge in [-0.2, -0.15) is 0 Å². The van der Waals surface area contributed by atoms with Gasteiger partial charge >= 0.3 is 0 Å². The van der Waals surface area contributed by atoms with Gasteiger partial charge in [-0.05, 0) is 32.1 Å². The number of carbonyl (C=O) groups excluding carboxylic acids is 1. The van der Waals surface area contributed by atoms with E-state index in [-0.39, 0.29) is 23.5 Å². The zero-order valence-corrected chi connectivity index (χ0v) is 13.2. The molecule has 0 spiro atoms. The fourth-order valence-electron chi connectivity index (χ4n) is 3.75. The molecule has 2 aliphatic rings. The molecule has 3 N–H and O–H groups in total. The van der Waals surface area contributed by atoms with E-state index in [9.17, 15) is 4.79 Å². The van der Waals surface area contributed by atoms with Gasteiger partial charge in [-0.25, -0.2) is 0 Å². The fraction of sp³-hybridized carbons (Fsp3) is 0.938. The van der Waals surface area contributed by atoms with E-state index in [1.54, 1.807) is 0 Å². The zero-order chi connectivity index (χ0) is 14.8. The predicted molar refractivity (Wildman–Crippen MR) is 80.2 cm³/mol. The minimum absolute atomic E-state index is 0.0314.